The van der Waals surface area contributed by atoms with E-state index in [4.69, 9.17) is 0 Å². The number of carboxylic acids is 1. The molecule has 1 heterocycles. The molecule has 4 N–H and O–H groups in total. The number of thiol groups is 1. The summed E-state index contributed by atoms with van der Waals surface area (Å²) in [7, 11) is 0. The van der Waals surface area contributed by atoms with Gasteiger partial charge in [-0.1, -0.05) is 36.4 Å². The fourth-order valence-corrected chi connectivity index (χ4v) is 4.47. The highest BCUT2D eigenvalue weighted by Gasteiger charge is 2.23. The van der Waals surface area contributed by atoms with Gasteiger partial charge in [0, 0.05) is 35.6 Å². The molecule has 0 aliphatic carbocycles. The van der Waals surface area contributed by atoms with Crippen LogP contribution in [0.4, 0.5) is 5.69 Å². The maximum Gasteiger partial charge on any atom is 0.326 e. The number of hydrogen-bond acceptors (Lipinski definition) is 6. The Labute approximate surface area is 193 Å². The fraction of sp³-hybridized carbons (Fsp3) is 0.391. The van der Waals surface area contributed by atoms with Gasteiger partial charge in [-0.2, -0.15) is 24.4 Å². The second kappa shape index (κ2) is 11.5. The van der Waals surface area contributed by atoms with Crippen LogP contribution in [0.15, 0.2) is 48.5 Å². The molecule has 0 spiro atoms. The van der Waals surface area contributed by atoms with Crippen molar-refractivity contribution in [3.63, 3.8) is 0 Å². The lowest BCUT2D eigenvalue weighted by Crippen LogP contribution is -2.41. The summed E-state index contributed by atoms with van der Waals surface area (Å²) >= 11 is 6.06. The fourth-order valence-electron chi connectivity index (χ4n) is 3.63. The van der Waals surface area contributed by atoms with E-state index in [0.717, 1.165) is 36.3 Å². The lowest BCUT2D eigenvalue weighted by atomic mass is 9.98. The van der Waals surface area contributed by atoms with E-state index in [1.807, 2.05) is 48.7 Å². The highest BCUT2D eigenvalue weighted by molar-refractivity contribution is 7.98. The maximum atomic E-state index is 13.1. The summed E-state index contributed by atoms with van der Waals surface area (Å²) in [6.07, 6.45) is 3.28. The van der Waals surface area contributed by atoms with Crippen molar-refractivity contribution in [1.29, 1.82) is 0 Å². The second-order valence-electron chi connectivity index (χ2n) is 7.65. The highest BCUT2D eigenvalue weighted by atomic mass is 32.2. The Morgan fingerprint density at radius 1 is 1.26 bits per heavy atom. The largest absolute Gasteiger partial charge is 0.480 e. The molecule has 1 fully saturated rings. The van der Waals surface area contributed by atoms with Gasteiger partial charge in [-0.25, -0.2) is 4.79 Å². The van der Waals surface area contributed by atoms with Crippen molar-refractivity contribution >= 4 is 42.0 Å². The standard InChI is InChI=1S/C23H29N3O3S2/c1-31-10-9-21(23(28)29)26-22(27)20-12-16(24-13-17-11-18(30)14-25-17)7-8-19(20)15-5-3-2-4-6-15/h2-8,12,17-18,21,24-25,30H,9-11,13-14H2,1H3,(H,26,27)(H,28,29)/t17-,18-,21-/m0/s1. The molecule has 31 heavy (non-hydrogen) atoms. The van der Waals surface area contributed by atoms with E-state index in [1.165, 1.54) is 0 Å². The van der Waals surface area contributed by atoms with Crippen LogP contribution in [-0.2, 0) is 4.79 Å². The van der Waals surface area contributed by atoms with Gasteiger partial charge in [0.1, 0.15) is 6.04 Å². The molecule has 3 atom stereocenters. The van der Waals surface area contributed by atoms with E-state index in [-0.39, 0.29) is 5.91 Å². The number of aliphatic carboxylic acids is 1. The Kier molecular flexibility index (Phi) is 8.69. The molecule has 166 valence electrons. The number of carbonyl (C=O) groups is 2. The van der Waals surface area contributed by atoms with Crippen molar-refractivity contribution < 1.29 is 14.7 Å². The summed E-state index contributed by atoms with van der Waals surface area (Å²) in [6.45, 7) is 1.62. The average molecular weight is 460 g/mol. The molecule has 6 nitrogen and oxygen atoms in total. The van der Waals surface area contributed by atoms with Crippen molar-refractivity contribution in [2.45, 2.75) is 30.2 Å². The van der Waals surface area contributed by atoms with E-state index in [9.17, 15) is 14.7 Å². The number of benzene rings is 2. The summed E-state index contributed by atoms with van der Waals surface area (Å²) in [5.74, 6) is -0.748. The molecule has 1 saturated heterocycles. The van der Waals surface area contributed by atoms with E-state index in [1.54, 1.807) is 17.8 Å². The minimum atomic E-state index is -1.02. The number of hydrogen-bond donors (Lipinski definition) is 5. The third kappa shape index (κ3) is 6.66. The molecule has 0 saturated carbocycles. The zero-order valence-electron chi connectivity index (χ0n) is 17.5. The smallest absolute Gasteiger partial charge is 0.326 e. The van der Waals surface area contributed by atoms with Crippen molar-refractivity contribution in [3.8, 4) is 11.1 Å². The number of amides is 1. The first-order chi connectivity index (χ1) is 15.0. The Morgan fingerprint density at radius 3 is 2.68 bits per heavy atom. The molecular formula is C23H29N3O3S2. The van der Waals surface area contributed by atoms with Crippen molar-refractivity contribution in [1.82, 2.24) is 10.6 Å². The molecule has 8 heteroatoms. The lowest BCUT2D eigenvalue weighted by molar-refractivity contribution is -0.139. The van der Waals surface area contributed by atoms with Crippen LogP contribution in [0.5, 0.6) is 0 Å². The molecule has 1 aliphatic rings. The van der Waals surface area contributed by atoms with Crippen LogP contribution in [-0.4, -0.2) is 59.4 Å². The molecule has 0 aromatic heterocycles. The number of rotatable bonds is 10. The number of thioether (sulfide) groups is 1. The first-order valence-corrected chi connectivity index (χ1v) is 12.3. The summed E-state index contributed by atoms with van der Waals surface area (Å²) in [5.41, 5.74) is 2.96. The molecule has 1 amide bonds. The predicted molar refractivity (Wildman–Crippen MR) is 131 cm³/mol. The molecular weight excluding hydrogens is 430 g/mol. The topological polar surface area (TPSA) is 90.5 Å². The van der Waals surface area contributed by atoms with Gasteiger partial charge >= 0.3 is 5.97 Å². The monoisotopic (exact) mass is 459 g/mol. The third-order valence-electron chi connectivity index (χ3n) is 5.31. The van der Waals surface area contributed by atoms with Crippen LogP contribution in [0.3, 0.4) is 0 Å². The summed E-state index contributed by atoms with van der Waals surface area (Å²) in [4.78, 5) is 24.8. The lowest BCUT2D eigenvalue weighted by Gasteiger charge is -2.18. The van der Waals surface area contributed by atoms with Crippen LogP contribution >= 0.6 is 24.4 Å². The van der Waals surface area contributed by atoms with Gasteiger partial charge in [-0.3, -0.25) is 4.79 Å². The Morgan fingerprint density at radius 2 is 2.03 bits per heavy atom. The molecule has 1 aliphatic heterocycles. The normalized spacial score (nSPS) is 19.0. The second-order valence-corrected chi connectivity index (χ2v) is 9.36. The number of nitrogens with one attached hydrogen (secondary N) is 3. The quantitative estimate of drug-likeness (QED) is 0.350. The van der Waals surface area contributed by atoms with Gasteiger partial charge in [-0.15, -0.1) is 0 Å². The van der Waals surface area contributed by atoms with Crippen LogP contribution in [0.1, 0.15) is 23.2 Å². The highest BCUT2D eigenvalue weighted by Crippen LogP contribution is 2.27. The zero-order valence-corrected chi connectivity index (χ0v) is 19.2. The van der Waals surface area contributed by atoms with Gasteiger partial charge in [0.05, 0.1) is 0 Å². The van der Waals surface area contributed by atoms with Gasteiger partial charge < -0.3 is 21.1 Å². The number of anilines is 1. The van der Waals surface area contributed by atoms with Crippen molar-refractivity contribution in [2.75, 3.05) is 30.4 Å². The minimum Gasteiger partial charge on any atom is -0.480 e. The molecule has 2 aromatic carbocycles. The van der Waals surface area contributed by atoms with Crippen molar-refractivity contribution in [2.24, 2.45) is 0 Å². The summed E-state index contributed by atoms with van der Waals surface area (Å²) in [6, 6.07) is 14.7. The SMILES string of the molecule is CSCC[C@H](NC(=O)c1cc(NC[C@@H]2C[C@H](S)CN2)ccc1-c1ccccc1)C(=O)O. The molecule has 2 aromatic rings. The van der Waals surface area contributed by atoms with Gasteiger partial charge in [-0.05, 0) is 48.1 Å². The van der Waals surface area contributed by atoms with E-state index in [2.05, 4.69) is 28.6 Å². The maximum absolute atomic E-state index is 13.1. The molecule has 0 radical (unpaired) electrons. The summed E-state index contributed by atoms with van der Waals surface area (Å²) < 4.78 is 0. The Bertz CT molecular complexity index is 895. The Hall–Kier alpha value is -2.16. The van der Waals surface area contributed by atoms with Crippen LogP contribution < -0.4 is 16.0 Å². The van der Waals surface area contributed by atoms with Gasteiger partial charge in [0.25, 0.3) is 5.91 Å². The number of carbonyl (C=O) groups excluding carboxylic acids is 1. The van der Waals surface area contributed by atoms with Gasteiger partial charge in [0.15, 0.2) is 0 Å². The molecule has 0 unspecified atom stereocenters. The first kappa shape index (κ1) is 23.5. The van der Waals surface area contributed by atoms with Crippen molar-refractivity contribution in [3.05, 3.63) is 54.1 Å². The van der Waals surface area contributed by atoms with E-state index < -0.39 is 12.0 Å². The van der Waals surface area contributed by atoms with Crippen LogP contribution in [0.2, 0.25) is 0 Å². The predicted octanol–water partition coefficient (Wildman–Crippen LogP) is 3.36. The summed E-state index contributed by atoms with van der Waals surface area (Å²) in [5, 5.41) is 19.4. The average Bonchev–Trinajstić information content (AvgIpc) is 3.20. The van der Waals surface area contributed by atoms with Crippen LogP contribution in [0, 0.1) is 0 Å². The molecule has 0 bridgehead atoms. The number of carboxylic acid groups (broad SMARTS) is 1. The zero-order chi connectivity index (χ0) is 22.2. The molecule has 3 rings (SSSR count). The first-order valence-electron chi connectivity index (χ1n) is 10.4. The Balaban J connectivity index is 1.83. The third-order valence-corrected chi connectivity index (χ3v) is 6.35. The van der Waals surface area contributed by atoms with Gasteiger partial charge in [0.2, 0.25) is 0 Å². The van der Waals surface area contributed by atoms with Crippen LogP contribution in [0.25, 0.3) is 11.1 Å². The van der Waals surface area contributed by atoms with E-state index in [0.29, 0.717) is 29.0 Å². The van der Waals surface area contributed by atoms with E-state index >= 15 is 0 Å². The minimum absolute atomic E-state index is 0.330.